The van der Waals surface area contributed by atoms with Crippen LogP contribution < -0.4 is 0 Å². The van der Waals surface area contributed by atoms with Crippen LogP contribution >= 0.6 is 42.6 Å². The number of phosphoric acid groups is 1. The van der Waals surface area contributed by atoms with Gasteiger partial charge in [-0.3, -0.25) is 0 Å². The predicted octanol–water partition coefficient (Wildman–Crippen LogP) is 3.05. The Kier molecular flexibility index (Phi) is 12.0. The molecule has 0 aliphatic carbocycles. The summed E-state index contributed by atoms with van der Waals surface area (Å²) in [4.78, 5) is 21.6. The molecule has 0 aliphatic rings. The molecule has 0 fully saturated rings. The maximum atomic E-state index is 8.88. The van der Waals surface area contributed by atoms with Gasteiger partial charge in [-0.25, -0.2) is 4.57 Å². The van der Waals surface area contributed by atoms with Gasteiger partial charge in [-0.1, -0.05) is 70.7 Å². The molecule has 16 heavy (non-hydrogen) atoms. The zero-order valence-electron chi connectivity index (χ0n) is 8.30. The fourth-order valence-corrected chi connectivity index (χ4v) is 0.534. The van der Waals surface area contributed by atoms with E-state index in [1.807, 2.05) is 18.2 Å². The third-order valence-electron chi connectivity index (χ3n) is 0.940. The third-order valence-corrected chi connectivity index (χ3v) is 0.940. The van der Waals surface area contributed by atoms with Crippen LogP contribution in [0, 0.1) is 6.92 Å². The van der Waals surface area contributed by atoms with Gasteiger partial charge in [-0.2, -0.15) is 0 Å². The summed E-state index contributed by atoms with van der Waals surface area (Å²) in [5.41, 5.74) is 1.32. The van der Waals surface area contributed by atoms with E-state index in [1.165, 1.54) is 5.56 Å². The molecule has 8 heteroatoms. The van der Waals surface area contributed by atoms with Crippen molar-refractivity contribution in [1.29, 1.82) is 0 Å². The van der Waals surface area contributed by atoms with Crippen LogP contribution in [0.5, 0.6) is 0 Å². The predicted molar refractivity (Wildman–Crippen MR) is 66.8 cm³/mol. The van der Waals surface area contributed by atoms with Crippen molar-refractivity contribution < 1.29 is 19.2 Å². The molecular formula is C8H12Cl3O4P. The van der Waals surface area contributed by atoms with Crippen molar-refractivity contribution in [3.8, 4) is 0 Å². The molecular weight excluding hydrogens is 297 g/mol. The summed E-state index contributed by atoms with van der Waals surface area (Å²) in [6.07, 6.45) is 0. The molecule has 0 atom stereocenters. The molecule has 0 aliphatic heterocycles. The summed E-state index contributed by atoms with van der Waals surface area (Å²) < 4.78 is 8.13. The molecule has 0 spiro atoms. The van der Waals surface area contributed by atoms with Crippen molar-refractivity contribution in [3.63, 3.8) is 0 Å². The highest BCUT2D eigenvalue weighted by Crippen LogP contribution is 2.25. The van der Waals surface area contributed by atoms with Crippen LogP contribution in [0.4, 0.5) is 0 Å². The summed E-state index contributed by atoms with van der Waals surface area (Å²) in [5.74, 6) is 0. The molecule has 0 aromatic heterocycles. The van der Waals surface area contributed by atoms with E-state index in [2.05, 4.69) is 19.1 Å². The fourth-order valence-electron chi connectivity index (χ4n) is 0.534. The number of aryl methyl sites for hydroxylation is 1. The normalized spacial score (nSPS) is 9.75. The van der Waals surface area contributed by atoms with Crippen molar-refractivity contribution in [1.82, 2.24) is 0 Å². The van der Waals surface area contributed by atoms with Gasteiger partial charge in [0.1, 0.15) is 0 Å². The average molecular weight is 310 g/mol. The highest BCUT2D eigenvalue weighted by molar-refractivity contribution is 7.45. The molecule has 0 heterocycles. The second-order valence-electron chi connectivity index (χ2n) is 2.42. The van der Waals surface area contributed by atoms with Gasteiger partial charge in [-0.05, 0) is 6.92 Å². The maximum Gasteiger partial charge on any atom is 0.466 e. The molecule has 0 saturated carbocycles. The third kappa shape index (κ3) is 36.8. The van der Waals surface area contributed by atoms with E-state index in [0.717, 1.165) is 0 Å². The highest BCUT2D eigenvalue weighted by Gasteiger charge is 2.00. The quantitative estimate of drug-likeness (QED) is 0.508. The lowest BCUT2D eigenvalue weighted by Crippen LogP contribution is -1.66. The second kappa shape index (κ2) is 10.4. The second-order valence-corrected chi connectivity index (χ2v) is 5.42. The smallest absolute Gasteiger partial charge is 0.303 e. The minimum Gasteiger partial charge on any atom is -0.303 e. The highest BCUT2D eigenvalue weighted by atomic mass is 35.6. The van der Waals surface area contributed by atoms with Crippen LogP contribution in [0.3, 0.4) is 0 Å². The molecule has 0 amide bonds. The Balaban J connectivity index is 0. The van der Waals surface area contributed by atoms with Crippen LogP contribution in [0.15, 0.2) is 30.3 Å². The van der Waals surface area contributed by atoms with Gasteiger partial charge >= 0.3 is 7.82 Å². The van der Waals surface area contributed by atoms with E-state index in [0.29, 0.717) is 0 Å². The molecule has 1 aromatic carbocycles. The first-order chi connectivity index (χ1) is 7.13. The van der Waals surface area contributed by atoms with Gasteiger partial charge in [0.2, 0.25) is 0 Å². The largest absolute Gasteiger partial charge is 0.466 e. The van der Waals surface area contributed by atoms with E-state index >= 15 is 0 Å². The minimum absolute atomic E-state index is 0.750. The molecule has 0 radical (unpaired) electrons. The molecule has 0 bridgehead atoms. The van der Waals surface area contributed by atoms with Crippen molar-refractivity contribution in [2.45, 2.75) is 11.2 Å². The van der Waals surface area contributed by atoms with Crippen molar-refractivity contribution in [3.05, 3.63) is 35.9 Å². The first kappa shape index (κ1) is 18.6. The zero-order chi connectivity index (χ0) is 13.2. The lowest BCUT2D eigenvalue weighted by atomic mass is 10.2. The van der Waals surface area contributed by atoms with Crippen LogP contribution in [0.2, 0.25) is 0 Å². The molecule has 0 saturated heterocycles. The van der Waals surface area contributed by atoms with Crippen molar-refractivity contribution >= 4 is 42.6 Å². The summed E-state index contributed by atoms with van der Waals surface area (Å²) in [7, 11) is -4.64. The van der Waals surface area contributed by atoms with Gasteiger partial charge in [0.25, 0.3) is 0 Å². The standard InChI is InChI=1S/C7H8.CHCl3.H3O4P/c1-7-5-3-2-4-6-7;2-1(3)4;1-5(2,3)4/h2-6H,1H3;1H;(H3,1,2,3,4). The molecule has 1 aromatic rings. The van der Waals surface area contributed by atoms with E-state index in [9.17, 15) is 0 Å². The first-order valence-electron chi connectivity index (χ1n) is 3.85. The number of hydrogen-bond acceptors (Lipinski definition) is 1. The monoisotopic (exact) mass is 308 g/mol. The van der Waals surface area contributed by atoms with E-state index in [4.69, 9.17) is 54.0 Å². The number of alkyl halides is 3. The first-order valence-corrected chi connectivity index (χ1v) is 6.72. The van der Waals surface area contributed by atoms with Crippen LogP contribution in [-0.4, -0.2) is 19.0 Å². The number of benzene rings is 1. The number of halogens is 3. The lowest BCUT2D eigenvalue weighted by Gasteiger charge is -1.82. The zero-order valence-corrected chi connectivity index (χ0v) is 11.5. The summed E-state index contributed by atoms with van der Waals surface area (Å²) in [6, 6.07) is 10.3. The summed E-state index contributed by atoms with van der Waals surface area (Å²) in [5, 5.41) is 0. The summed E-state index contributed by atoms with van der Waals surface area (Å²) in [6.45, 7) is 2.08. The van der Waals surface area contributed by atoms with Gasteiger partial charge in [0, 0.05) is 0 Å². The molecule has 94 valence electrons. The van der Waals surface area contributed by atoms with E-state index < -0.39 is 12.1 Å². The Labute approximate surface area is 109 Å². The number of hydrogen-bond donors (Lipinski definition) is 3. The van der Waals surface area contributed by atoms with Crippen molar-refractivity contribution in [2.75, 3.05) is 0 Å². The van der Waals surface area contributed by atoms with Gasteiger partial charge in [-0.15, -0.1) is 0 Å². The Hall–Kier alpha value is 0.200. The van der Waals surface area contributed by atoms with Crippen LogP contribution in [0.25, 0.3) is 0 Å². The van der Waals surface area contributed by atoms with Gasteiger partial charge in [0.15, 0.2) is 4.30 Å². The lowest BCUT2D eigenvalue weighted by molar-refractivity contribution is 0.275. The SMILES string of the molecule is Cc1ccccc1.ClC(Cl)Cl.O=P(O)(O)O. The fraction of sp³-hybridized carbons (Fsp3) is 0.250. The Morgan fingerprint density at radius 2 is 1.31 bits per heavy atom. The van der Waals surface area contributed by atoms with Gasteiger partial charge in [0.05, 0.1) is 0 Å². The van der Waals surface area contributed by atoms with Gasteiger partial charge < -0.3 is 14.7 Å². The summed E-state index contributed by atoms with van der Waals surface area (Å²) >= 11 is 14.4. The Morgan fingerprint density at radius 3 is 1.44 bits per heavy atom. The molecule has 1 rings (SSSR count). The van der Waals surface area contributed by atoms with Crippen LogP contribution in [0.1, 0.15) is 5.56 Å². The van der Waals surface area contributed by atoms with Crippen molar-refractivity contribution in [2.24, 2.45) is 0 Å². The van der Waals surface area contributed by atoms with E-state index in [-0.39, 0.29) is 0 Å². The topological polar surface area (TPSA) is 77.8 Å². The van der Waals surface area contributed by atoms with Crippen LogP contribution in [-0.2, 0) is 4.57 Å². The molecule has 3 N–H and O–H groups in total. The average Bonchev–Trinajstić information content (AvgIpc) is 2.00. The Morgan fingerprint density at radius 1 is 1.06 bits per heavy atom. The Bertz CT molecular complexity index is 290. The van der Waals surface area contributed by atoms with E-state index in [1.54, 1.807) is 0 Å². The minimum atomic E-state index is -4.64. The molecule has 0 unspecified atom stereocenters. The number of rotatable bonds is 0. The molecule has 4 nitrogen and oxygen atoms in total. The maximum absolute atomic E-state index is 8.88.